The molecule has 220 valence electrons. The molecule has 1 atom stereocenters. The van der Waals surface area contributed by atoms with Crippen LogP contribution in [-0.2, 0) is 21.2 Å². The Bertz CT molecular complexity index is 1430. The van der Waals surface area contributed by atoms with Crippen LogP contribution in [0, 0.1) is 17.5 Å². The molecule has 0 bridgehead atoms. The molecule has 1 unspecified atom stereocenters. The van der Waals surface area contributed by atoms with Crippen molar-refractivity contribution in [3.8, 4) is 5.75 Å². The zero-order valence-electron chi connectivity index (χ0n) is 20.5. The maximum absolute atomic E-state index is 14.7. The molecular formula is C26H17F10NO4. The molecule has 1 amide bonds. The molecule has 0 saturated heterocycles. The molecule has 0 aliphatic carbocycles. The maximum atomic E-state index is 14.7. The van der Waals surface area contributed by atoms with Crippen LogP contribution < -0.4 is 10.1 Å². The smallest absolute Gasteiger partial charge is 0.461 e. The molecule has 5 nitrogen and oxygen atoms in total. The first kappa shape index (κ1) is 31.2. The Balaban J connectivity index is 2.27. The Kier molecular flexibility index (Phi) is 8.89. The predicted octanol–water partition coefficient (Wildman–Crippen LogP) is 6.60. The zero-order valence-corrected chi connectivity index (χ0v) is 20.5. The van der Waals surface area contributed by atoms with Gasteiger partial charge in [0.05, 0.1) is 19.1 Å². The third-order valence-corrected chi connectivity index (χ3v) is 5.71. The lowest BCUT2D eigenvalue weighted by Crippen LogP contribution is -2.48. The highest BCUT2D eigenvalue weighted by molar-refractivity contribution is 5.96. The van der Waals surface area contributed by atoms with Crippen LogP contribution in [0.2, 0.25) is 0 Å². The van der Waals surface area contributed by atoms with Crippen LogP contribution >= 0.6 is 0 Å². The molecule has 3 rings (SSSR count). The van der Waals surface area contributed by atoms with Gasteiger partial charge in [0.25, 0.3) is 5.91 Å². The molecule has 0 aliphatic rings. The van der Waals surface area contributed by atoms with E-state index in [-0.39, 0.29) is 17.7 Å². The van der Waals surface area contributed by atoms with Crippen LogP contribution in [0.5, 0.6) is 5.75 Å². The third kappa shape index (κ3) is 7.08. The zero-order chi connectivity index (χ0) is 30.8. The van der Waals surface area contributed by atoms with E-state index in [0.717, 1.165) is 31.4 Å². The van der Waals surface area contributed by atoms with Crippen LogP contribution in [0.1, 0.15) is 33.5 Å². The molecule has 0 heterocycles. The predicted molar refractivity (Wildman–Crippen MR) is 121 cm³/mol. The molecule has 3 aromatic carbocycles. The monoisotopic (exact) mass is 597 g/mol. The maximum Gasteiger partial charge on any atom is 0.461 e. The molecule has 0 aliphatic heterocycles. The Morgan fingerprint density at radius 1 is 0.829 bits per heavy atom. The molecule has 41 heavy (non-hydrogen) atoms. The van der Waals surface area contributed by atoms with Crippen molar-refractivity contribution in [1.29, 1.82) is 0 Å². The van der Waals surface area contributed by atoms with E-state index in [2.05, 4.69) is 14.8 Å². The fourth-order valence-corrected chi connectivity index (χ4v) is 3.80. The quantitative estimate of drug-likeness (QED) is 0.223. The number of carbonyl (C=O) groups is 2. The lowest BCUT2D eigenvalue weighted by Gasteiger charge is -2.35. The number of alkyl halides is 7. The first-order valence-corrected chi connectivity index (χ1v) is 11.2. The van der Waals surface area contributed by atoms with E-state index in [1.165, 1.54) is 0 Å². The summed E-state index contributed by atoms with van der Waals surface area (Å²) in [5.74, 6) is -7.74. The van der Waals surface area contributed by atoms with Crippen LogP contribution in [-0.4, -0.2) is 31.5 Å². The van der Waals surface area contributed by atoms with Crippen molar-refractivity contribution in [2.75, 3.05) is 7.11 Å². The van der Waals surface area contributed by atoms with E-state index in [0.29, 0.717) is 24.3 Å². The summed E-state index contributed by atoms with van der Waals surface area (Å²) < 4.78 is 143. The first-order chi connectivity index (χ1) is 19.0. The van der Waals surface area contributed by atoms with Crippen LogP contribution in [0.15, 0.2) is 60.7 Å². The number of carbonyl (C=O) groups excluding carboxylic acids is 2. The lowest BCUT2D eigenvalue weighted by atomic mass is 9.79. The lowest BCUT2D eigenvalue weighted by molar-refractivity contribution is -0.253. The highest BCUT2D eigenvalue weighted by atomic mass is 19.4. The normalized spacial score (nSPS) is 13.5. The van der Waals surface area contributed by atoms with Crippen molar-refractivity contribution in [3.05, 3.63) is 100 Å². The number of hydrogen-bond acceptors (Lipinski definition) is 4. The van der Waals surface area contributed by atoms with Crippen molar-refractivity contribution in [3.63, 3.8) is 0 Å². The van der Waals surface area contributed by atoms with Crippen LogP contribution in [0.25, 0.3) is 0 Å². The molecular weight excluding hydrogens is 580 g/mol. The standard InChI is InChI=1S/C26H17F10NO4/c1-40-21(38)12-24(14-3-5-16(27)6-4-14,15-9-17(28)11-18(10-15)41-26(35,36)23(30)31)37-22(39)13-2-7-20(29)19(8-13)25(32,33)34/h2-11,23H,12H2,1H3,(H,37,39). The SMILES string of the molecule is COC(=O)CC(NC(=O)c1ccc(F)c(C(F)(F)F)c1)(c1ccc(F)cc1)c1cc(F)cc(OC(F)(F)C(F)F)c1. The first-order valence-electron chi connectivity index (χ1n) is 11.2. The Hall–Kier alpha value is -4.30. The fraction of sp³-hybridized carbons (Fsp3) is 0.231. The van der Waals surface area contributed by atoms with Crippen molar-refractivity contribution >= 4 is 11.9 Å². The van der Waals surface area contributed by atoms with Gasteiger partial charge in [0.2, 0.25) is 0 Å². The van der Waals surface area contributed by atoms with Crippen molar-refractivity contribution in [2.45, 2.75) is 30.7 Å². The molecule has 0 saturated carbocycles. The molecule has 0 spiro atoms. The van der Waals surface area contributed by atoms with Crippen molar-refractivity contribution < 1.29 is 63.0 Å². The molecule has 1 N–H and O–H groups in total. The van der Waals surface area contributed by atoms with Gasteiger partial charge < -0.3 is 14.8 Å². The van der Waals surface area contributed by atoms with Gasteiger partial charge in [-0.15, -0.1) is 0 Å². The minimum absolute atomic E-state index is 0.140. The number of rotatable bonds is 9. The summed E-state index contributed by atoms with van der Waals surface area (Å²) in [6.07, 6.45) is -15.7. The number of methoxy groups -OCH3 is 1. The second-order valence-electron chi connectivity index (χ2n) is 8.45. The average Bonchev–Trinajstić information content (AvgIpc) is 2.87. The van der Waals surface area contributed by atoms with Gasteiger partial charge in [-0.2, -0.15) is 30.7 Å². The van der Waals surface area contributed by atoms with Crippen molar-refractivity contribution in [2.24, 2.45) is 0 Å². The average molecular weight is 597 g/mol. The summed E-state index contributed by atoms with van der Waals surface area (Å²) in [7, 11) is 0.887. The van der Waals surface area contributed by atoms with E-state index < -0.39 is 82.4 Å². The number of halogens is 10. The molecule has 0 radical (unpaired) electrons. The van der Waals surface area contributed by atoms with E-state index in [4.69, 9.17) is 0 Å². The van der Waals surface area contributed by atoms with Gasteiger partial charge in [0.1, 0.15) is 28.7 Å². The highest BCUT2D eigenvalue weighted by Crippen LogP contribution is 2.39. The molecule has 0 fully saturated rings. The summed E-state index contributed by atoms with van der Waals surface area (Å²) in [4.78, 5) is 25.7. The minimum Gasteiger partial charge on any atom is -0.469 e. The summed E-state index contributed by atoms with van der Waals surface area (Å²) in [5.41, 5.74) is -5.95. The summed E-state index contributed by atoms with van der Waals surface area (Å²) in [6, 6.07) is 6.08. The van der Waals surface area contributed by atoms with Gasteiger partial charge in [-0.05, 0) is 53.6 Å². The van der Waals surface area contributed by atoms with E-state index in [1.807, 2.05) is 0 Å². The molecule has 3 aromatic rings. The third-order valence-electron chi connectivity index (χ3n) is 5.71. The summed E-state index contributed by atoms with van der Waals surface area (Å²) in [6.45, 7) is 0. The van der Waals surface area contributed by atoms with Gasteiger partial charge >= 0.3 is 24.7 Å². The Morgan fingerprint density at radius 2 is 1.46 bits per heavy atom. The topological polar surface area (TPSA) is 64.6 Å². The Morgan fingerprint density at radius 3 is 2.02 bits per heavy atom. The van der Waals surface area contributed by atoms with Gasteiger partial charge in [-0.3, -0.25) is 9.59 Å². The molecule has 0 aromatic heterocycles. The number of amides is 1. The van der Waals surface area contributed by atoms with Crippen LogP contribution in [0.3, 0.4) is 0 Å². The summed E-state index contributed by atoms with van der Waals surface area (Å²) in [5, 5.41) is 2.19. The largest absolute Gasteiger partial charge is 0.469 e. The fourth-order valence-electron chi connectivity index (χ4n) is 3.80. The Labute approximate surface area is 224 Å². The van der Waals surface area contributed by atoms with Gasteiger partial charge in [0, 0.05) is 11.6 Å². The minimum atomic E-state index is -5.23. The number of esters is 1. The van der Waals surface area contributed by atoms with Gasteiger partial charge in [0.15, 0.2) is 0 Å². The second-order valence-corrected chi connectivity index (χ2v) is 8.45. The van der Waals surface area contributed by atoms with Gasteiger partial charge in [-0.25, -0.2) is 13.2 Å². The summed E-state index contributed by atoms with van der Waals surface area (Å²) >= 11 is 0. The number of nitrogens with one attached hydrogen (secondary N) is 1. The highest BCUT2D eigenvalue weighted by Gasteiger charge is 2.45. The number of ether oxygens (including phenoxy) is 2. The second kappa shape index (κ2) is 11.7. The van der Waals surface area contributed by atoms with E-state index >= 15 is 0 Å². The molecule has 15 heteroatoms. The van der Waals surface area contributed by atoms with Crippen LogP contribution in [0.4, 0.5) is 43.9 Å². The number of hydrogen-bond donors (Lipinski definition) is 1. The number of benzene rings is 3. The van der Waals surface area contributed by atoms with E-state index in [9.17, 15) is 53.5 Å². The van der Waals surface area contributed by atoms with Crippen molar-refractivity contribution in [1.82, 2.24) is 5.32 Å². The van der Waals surface area contributed by atoms with E-state index in [1.54, 1.807) is 0 Å². The van der Waals surface area contributed by atoms with Gasteiger partial charge in [-0.1, -0.05) is 12.1 Å².